The van der Waals surface area contributed by atoms with Crippen molar-refractivity contribution in [2.24, 2.45) is 0 Å². The minimum atomic E-state index is -0.303. The van der Waals surface area contributed by atoms with E-state index in [4.69, 9.17) is 0 Å². The predicted octanol–water partition coefficient (Wildman–Crippen LogP) is 1.55. The Morgan fingerprint density at radius 1 is 1.00 bits per heavy atom. The minimum absolute atomic E-state index is 0.0395. The molecule has 2 aromatic rings. The van der Waals surface area contributed by atoms with Crippen molar-refractivity contribution in [2.45, 2.75) is 27.3 Å². The number of rotatable bonds is 6. The molecule has 0 aliphatic rings. The standard InChI is InChI=1S/C19H21N3O3/c1-13-6-4-7-14(2)19(13)21-17(24)10-20-18(25)12-22-9-5-8-16(11-22)15(3)23/h4-9,11H,10,12H2,1-3H3,(H-,20,21,24,25)/p+1. The van der Waals surface area contributed by atoms with Gasteiger partial charge < -0.3 is 10.6 Å². The van der Waals surface area contributed by atoms with Gasteiger partial charge in [-0.05, 0) is 38.0 Å². The van der Waals surface area contributed by atoms with Gasteiger partial charge in [0, 0.05) is 11.8 Å². The molecule has 0 aliphatic heterocycles. The molecule has 0 spiro atoms. The molecule has 25 heavy (non-hydrogen) atoms. The number of carbonyl (C=O) groups is 3. The van der Waals surface area contributed by atoms with Crippen LogP contribution in [0, 0.1) is 13.8 Å². The third kappa shape index (κ3) is 5.24. The molecule has 0 bridgehead atoms. The summed E-state index contributed by atoms with van der Waals surface area (Å²) in [4.78, 5) is 35.4. The fraction of sp³-hybridized carbons (Fsp3) is 0.263. The summed E-state index contributed by atoms with van der Waals surface area (Å²) < 4.78 is 1.61. The van der Waals surface area contributed by atoms with Crippen molar-refractivity contribution >= 4 is 23.3 Å². The Kier molecular flexibility index (Phi) is 6.00. The van der Waals surface area contributed by atoms with E-state index < -0.39 is 0 Å². The Balaban J connectivity index is 1.88. The number of aryl methyl sites for hydroxylation is 2. The predicted molar refractivity (Wildman–Crippen MR) is 94.2 cm³/mol. The number of carbonyl (C=O) groups excluding carboxylic acids is 3. The Hall–Kier alpha value is -3.02. The van der Waals surface area contributed by atoms with Crippen LogP contribution in [0.25, 0.3) is 0 Å². The first kappa shape index (κ1) is 18.3. The zero-order valence-corrected chi connectivity index (χ0v) is 14.6. The van der Waals surface area contributed by atoms with E-state index in [1.807, 2.05) is 32.0 Å². The third-order valence-electron chi connectivity index (χ3n) is 3.78. The van der Waals surface area contributed by atoms with Crippen molar-refractivity contribution in [3.8, 4) is 0 Å². The van der Waals surface area contributed by atoms with Crippen LogP contribution in [0.4, 0.5) is 5.69 Å². The fourth-order valence-electron chi connectivity index (χ4n) is 2.42. The van der Waals surface area contributed by atoms with Crippen LogP contribution in [-0.2, 0) is 16.1 Å². The summed E-state index contributed by atoms with van der Waals surface area (Å²) >= 11 is 0. The van der Waals surface area contributed by atoms with Gasteiger partial charge in [-0.2, -0.15) is 4.57 Å². The maximum absolute atomic E-state index is 12.0. The van der Waals surface area contributed by atoms with Crippen molar-refractivity contribution in [3.05, 3.63) is 59.4 Å². The highest BCUT2D eigenvalue weighted by molar-refractivity contribution is 5.95. The van der Waals surface area contributed by atoms with Gasteiger partial charge in [-0.1, -0.05) is 18.2 Å². The molecule has 1 aromatic heterocycles. The number of aromatic nitrogens is 1. The number of anilines is 1. The summed E-state index contributed by atoms with van der Waals surface area (Å²) in [7, 11) is 0. The van der Waals surface area contributed by atoms with E-state index >= 15 is 0 Å². The number of hydrogen-bond donors (Lipinski definition) is 2. The molecule has 1 aromatic carbocycles. The Bertz CT molecular complexity index is 795. The van der Waals surface area contributed by atoms with Gasteiger partial charge in [-0.3, -0.25) is 14.4 Å². The molecule has 2 rings (SSSR count). The molecular formula is C19H22N3O3+. The van der Waals surface area contributed by atoms with Crippen molar-refractivity contribution in [1.29, 1.82) is 0 Å². The average molecular weight is 340 g/mol. The Labute approximate surface area is 146 Å². The van der Waals surface area contributed by atoms with Crippen molar-refractivity contribution in [1.82, 2.24) is 5.32 Å². The smallest absolute Gasteiger partial charge is 0.286 e. The van der Waals surface area contributed by atoms with Crippen LogP contribution < -0.4 is 15.2 Å². The third-order valence-corrected chi connectivity index (χ3v) is 3.78. The van der Waals surface area contributed by atoms with Gasteiger partial charge in [0.05, 0.1) is 12.1 Å². The van der Waals surface area contributed by atoms with E-state index in [9.17, 15) is 14.4 Å². The largest absolute Gasteiger partial charge is 0.342 e. The van der Waals surface area contributed by atoms with E-state index in [1.54, 1.807) is 29.1 Å². The minimum Gasteiger partial charge on any atom is -0.342 e. The number of hydrogen-bond acceptors (Lipinski definition) is 3. The second-order valence-electron chi connectivity index (χ2n) is 5.91. The van der Waals surface area contributed by atoms with Gasteiger partial charge in [0.25, 0.3) is 5.91 Å². The second-order valence-corrected chi connectivity index (χ2v) is 5.91. The number of nitrogens with zero attached hydrogens (tertiary/aromatic N) is 1. The fourth-order valence-corrected chi connectivity index (χ4v) is 2.42. The van der Waals surface area contributed by atoms with Crippen LogP contribution in [0.1, 0.15) is 28.4 Å². The highest BCUT2D eigenvalue weighted by Gasteiger charge is 2.13. The van der Waals surface area contributed by atoms with E-state index in [1.165, 1.54) is 6.92 Å². The maximum atomic E-state index is 12.0. The van der Waals surface area contributed by atoms with Crippen LogP contribution >= 0.6 is 0 Å². The van der Waals surface area contributed by atoms with Gasteiger partial charge in [-0.15, -0.1) is 0 Å². The van der Waals surface area contributed by atoms with E-state index in [2.05, 4.69) is 10.6 Å². The molecule has 1 heterocycles. The number of para-hydroxylation sites is 1. The number of ketones is 1. The summed E-state index contributed by atoms with van der Waals surface area (Å²) in [5, 5.41) is 5.40. The lowest BCUT2D eigenvalue weighted by molar-refractivity contribution is -0.684. The first-order chi connectivity index (χ1) is 11.9. The maximum Gasteiger partial charge on any atom is 0.286 e. The lowest BCUT2D eigenvalue weighted by atomic mass is 10.1. The first-order valence-corrected chi connectivity index (χ1v) is 7.99. The average Bonchev–Trinajstić information content (AvgIpc) is 2.56. The SMILES string of the molecule is CC(=O)c1ccc[n+](CC(=O)NCC(=O)Nc2c(C)cccc2C)c1. The van der Waals surface area contributed by atoms with Gasteiger partial charge in [-0.25, -0.2) is 0 Å². The van der Waals surface area contributed by atoms with E-state index in [0.717, 1.165) is 16.8 Å². The molecule has 6 heteroatoms. The first-order valence-electron chi connectivity index (χ1n) is 7.99. The zero-order valence-electron chi connectivity index (χ0n) is 14.6. The quantitative estimate of drug-likeness (QED) is 0.618. The molecule has 0 unspecified atom stereocenters. The summed E-state index contributed by atoms with van der Waals surface area (Å²) in [6, 6.07) is 9.15. The topological polar surface area (TPSA) is 79.2 Å². The summed E-state index contributed by atoms with van der Waals surface area (Å²) in [5.74, 6) is -0.654. The molecule has 2 N–H and O–H groups in total. The van der Waals surface area contributed by atoms with Crippen LogP contribution in [0.3, 0.4) is 0 Å². The van der Waals surface area contributed by atoms with Crippen LogP contribution in [0.15, 0.2) is 42.7 Å². The van der Waals surface area contributed by atoms with Gasteiger partial charge >= 0.3 is 0 Å². The zero-order chi connectivity index (χ0) is 18.4. The van der Waals surface area contributed by atoms with Gasteiger partial charge in [0.2, 0.25) is 12.5 Å². The monoisotopic (exact) mass is 340 g/mol. The Morgan fingerprint density at radius 2 is 1.68 bits per heavy atom. The molecular weight excluding hydrogens is 318 g/mol. The molecule has 0 aliphatic carbocycles. The molecule has 6 nitrogen and oxygen atoms in total. The Morgan fingerprint density at radius 3 is 2.32 bits per heavy atom. The summed E-state index contributed by atoms with van der Waals surface area (Å²) in [6.45, 7) is 5.23. The molecule has 0 saturated heterocycles. The lowest BCUT2D eigenvalue weighted by Crippen LogP contribution is -2.44. The molecule has 0 saturated carbocycles. The lowest BCUT2D eigenvalue weighted by Gasteiger charge is -2.11. The molecule has 130 valence electrons. The van der Waals surface area contributed by atoms with Crippen LogP contribution in [0.5, 0.6) is 0 Å². The molecule has 2 amide bonds. The number of nitrogens with one attached hydrogen (secondary N) is 2. The van der Waals surface area contributed by atoms with Crippen molar-refractivity contribution in [2.75, 3.05) is 11.9 Å². The summed E-state index contributed by atoms with van der Waals surface area (Å²) in [6.07, 6.45) is 3.31. The van der Waals surface area contributed by atoms with Crippen molar-refractivity contribution < 1.29 is 19.0 Å². The van der Waals surface area contributed by atoms with Crippen molar-refractivity contribution in [3.63, 3.8) is 0 Å². The van der Waals surface area contributed by atoms with E-state index in [0.29, 0.717) is 5.56 Å². The number of amides is 2. The second kappa shape index (κ2) is 8.19. The van der Waals surface area contributed by atoms with Crippen LogP contribution in [-0.4, -0.2) is 24.1 Å². The highest BCUT2D eigenvalue weighted by atomic mass is 16.2. The van der Waals surface area contributed by atoms with Gasteiger partial charge in [0.15, 0.2) is 18.2 Å². The van der Waals surface area contributed by atoms with E-state index in [-0.39, 0.29) is 30.7 Å². The molecule has 0 atom stereocenters. The normalized spacial score (nSPS) is 10.2. The molecule has 0 fully saturated rings. The highest BCUT2D eigenvalue weighted by Crippen LogP contribution is 2.18. The molecule has 0 radical (unpaired) electrons. The summed E-state index contributed by atoms with van der Waals surface area (Å²) in [5.41, 5.74) is 3.24. The number of pyridine rings is 1. The number of Topliss-reactive ketones (excluding diaryl/α,β-unsaturated/α-hetero) is 1. The van der Waals surface area contributed by atoms with Gasteiger partial charge in [0.1, 0.15) is 0 Å². The number of benzene rings is 1. The van der Waals surface area contributed by atoms with Crippen LogP contribution in [0.2, 0.25) is 0 Å².